The van der Waals surface area contributed by atoms with Crippen molar-refractivity contribution in [2.75, 3.05) is 5.32 Å². The first-order valence-electron chi connectivity index (χ1n) is 6.91. The summed E-state index contributed by atoms with van der Waals surface area (Å²) in [6.45, 7) is 0. The molecule has 1 saturated carbocycles. The van der Waals surface area contributed by atoms with Crippen LogP contribution in [0, 0.1) is 0 Å². The highest BCUT2D eigenvalue weighted by atomic mass is 32.1. The summed E-state index contributed by atoms with van der Waals surface area (Å²) in [6, 6.07) is 9.44. The lowest BCUT2D eigenvalue weighted by atomic mass is 10.2. The quantitative estimate of drug-likeness (QED) is 0.909. The fraction of sp³-hybridized carbons (Fsp3) is 0.312. The average Bonchev–Trinajstić information content (AvgIpc) is 3.12. The molecule has 1 heterocycles. The predicted octanol–water partition coefficient (Wildman–Crippen LogP) is 4.32. The number of carbonyl (C=O) groups excluding carboxylic acids is 1. The number of amides is 1. The van der Waals surface area contributed by atoms with E-state index in [1.165, 1.54) is 24.2 Å². The Morgan fingerprint density at radius 3 is 2.85 bits per heavy atom. The maximum atomic E-state index is 12.0. The topological polar surface area (TPSA) is 38.3 Å². The molecule has 104 valence electrons. The Labute approximate surface area is 122 Å². The van der Waals surface area contributed by atoms with E-state index < -0.39 is 0 Å². The molecule has 3 nitrogen and oxygen atoms in total. The summed E-state index contributed by atoms with van der Waals surface area (Å²) in [4.78, 5) is 12.0. The Morgan fingerprint density at radius 2 is 2.10 bits per heavy atom. The normalized spacial score (nSPS) is 15.2. The van der Waals surface area contributed by atoms with E-state index >= 15 is 0 Å². The van der Waals surface area contributed by atoms with Crippen molar-refractivity contribution in [3.63, 3.8) is 0 Å². The third-order valence-corrected chi connectivity index (χ3v) is 4.16. The molecule has 4 heteroatoms. The Bertz CT molecular complexity index is 574. The highest BCUT2D eigenvalue weighted by Crippen LogP contribution is 2.26. The summed E-state index contributed by atoms with van der Waals surface area (Å²) < 4.78 is 5.94. The van der Waals surface area contributed by atoms with Crippen molar-refractivity contribution >= 4 is 22.9 Å². The minimum Gasteiger partial charge on any atom is -0.490 e. The largest absolute Gasteiger partial charge is 0.490 e. The Hall–Kier alpha value is -1.81. The molecule has 3 rings (SSSR count). The van der Waals surface area contributed by atoms with Gasteiger partial charge >= 0.3 is 0 Å². The van der Waals surface area contributed by atoms with Gasteiger partial charge in [0.2, 0.25) is 0 Å². The molecule has 0 aliphatic heterocycles. The lowest BCUT2D eigenvalue weighted by molar-refractivity contribution is 0.102. The lowest BCUT2D eigenvalue weighted by Gasteiger charge is -2.14. The minimum atomic E-state index is -0.0794. The molecular weight excluding hydrogens is 270 g/mol. The number of hydrogen-bond donors (Lipinski definition) is 1. The molecule has 1 amide bonds. The summed E-state index contributed by atoms with van der Waals surface area (Å²) >= 11 is 1.52. The van der Waals surface area contributed by atoms with Crippen molar-refractivity contribution in [2.24, 2.45) is 0 Å². The van der Waals surface area contributed by atoms with E-state index in [1.54, 1.807) is 0 Å². The van der Waals surface area contributed by atoms with Crippen LogP contribution in [-0.2, 0) is 0 Å². The second-order valence-electron chi connectivity index (χ2n) is 5.02. The molecule has 0 saturated heterocycles. The fourth-order valence-electron chi connectivity index (χ4n) is 2.44. The molecule has 0 radical (unpaired) electrons. The smallest absolute Gasteiger partial charge is 0.256 e. The molecule has 1 fully saturated rings. The van der Waals surface area contributed by atoms with Crippen LogP contribution in [0.25, 0.3) is 0 Å². The van der Waals surface area contributed by atoms with Gasteiger partial charge in [-0.15, -0.1) is 0 Å². The Morgan fingerprint density at radius 1 is 1.25 bits per heavy atom. The van der Waals surface area contributed by atoms with Gasteiger partial charge in [0, 0.05) is 17.1 Å². The van der Waals surface area contributed by atoms with Gasteiger partial charge in [-0.05, 0) is 49.3 Å². The van der Waals surface area contributed by atoms with Crippen LogP contribution in [0.5, 0.6) is 5.75 Å². The highest BCUT2D eigenvalue weighted by Gasteiger charge is 2.16. The van der Waals surface area contributed by atoms with E-state index in [1.807, 2.05) is 41.1 Å². The third-order valence-electron chi connectivity index (χ3n) is 3.48. The molecular formula is C16H17NO2S. The molecule has 1 aromatic heterocycles. The molecule has 1 aliphatic carbocycles. The first-order chi connectivity index (χ1) is 9.81. The van der Waals surface area contributed by atoms with Crippen LogP contribution in [0.3, 0.4) is 0 Å². The van der Waals surface area contributed by atoms with Gasteiger partial charge in [-0.1, -0.05) is 6.07 Å². The number of hydrogen-bond acceptors (Lipinski definition) is 3. The second kappa shape index (κ2) is 6.09. The summed E-state index contributed by atoms with van der Waals surface area (Å²) in [5.41, 5.74) is 1.47. The van der Waals surface area contributed by atoms with Gasteiger partial charge in [0.25, 0.3) is 5.91 Å². The summed E-state index contributed by atoms with van der Waals surface area (Å²) in [5, 5.41) is 6.64. The SMILES string of the molecule is O=C(Nc1cccc(OC2CCCC2)c1)c1ccsc1. The van der Waals surface area contributed by atoms with Crippen LogP contribution < -0.4 is 10.1 Å². The number of rotatable bonds is 4. The van der Waals surface area contributed by atoms with E-state index in [-0.39, 0.29) is 5.91 Å². The van der Waals surface area contributed by atoms with Gasteiger partial charge in [-0.25, -0.2) is 0 Å². The summed E-state index contributed by atoms with van der Waals surface area (Å²) in [5.74, 6) is 0.754. The number of benzene rings is 1. The Balaban J connectivity index is 1.66. The van der Waals surface area contributed by atoms with Crippen LogP contribution in [0.15, 0.2) is 41.1 Å². The van der Waals surface area contributed by atoms with Gasteiger partial charge in [0.05, 0.1) is 11.7 Å². The summed E-state index contributed by atoms with van der Waals surface area (Å²) in [6.07, 6.45) is 5.09. The van der Waals surface area contributed by atoms with E-state index in [0.717, 1.165) is 24.3 Å². The first kappa shape index (κ1) is 13.2. The van der Waals surface area contributed by atoms with Crippen LogP contribution in [0.2, 0.25) is 0 Å². The predicted molar refractivity (Wildman–Crippen MR) is 81.6 cm³/mol. The molecule has 0 atom stereocenters. The van der Waals surface area contributed by atoms with Gasteiger partial charge in [-0.2, -0.15) is 11.3 Å². The zero-order valence-corrected chi connectivity index (χ0v) is 12.0. The zero-order chi connectivity index (χ0) is 13.8. The zero-order valence-electron chi connectivity index (χ0n) is 11.2. The first-order valence-corrected chi connectivity index (χ1v) is 7.86. The van der Waals surface area contributed by atoms with Crippen molar-refractivity contribution in [1.82, 2.24) is 0 Å². The van der Waals surface area contributed by atoms with Crippen molar-refractivity contribution in [3.05, 3.63) is 46.7 Å². The molecule has 1 aromatic carbocycles. The minimum absolute atomic E-state index is 0.0794. The van der Waals surface area contributed by atoms with Crippen LogP contribution >= 0.6 is 11.3 Å². The number of thiophene rings is 1. The summed E-state index contributed by atoms with van der Waals surface area (Å²) in [7, 11) is 0. The van der Waals surface area contributed by atoms with Crippen LogP contribution in [0.4, 0.5) is 5.69 Å². The standard InChI is InChI=1S/C16H17NO2S/c18-16(12-8-9-20-11-12)17-13-4-3-7-15(10-13)19-14-5-1-2-6-14/h3-4,7-11,14H,1-2,5-6H2,(H,17,18). The maximum absolute atomic E-state index is 12.0. The van der Waals surface area contributed by atoms with Crippen molar-refractivity contribution in [3.8, 4) is 5.75 Å². The van der Waals surface area contributed by atoms with Gasteiger partial charge in [-0.3, -0.25) is 4.79 Å². The molecule has 2 aromatic rings. The van der Waals surface area contributed by atoms with Gasteiger partial charge < -0.3 is 10.1 Å². The van der Waals surface area contributed by atoms with Gasteiger partial charge in [0.15, 0.2) is 0 Å². The Kier molecular flexibility index (Phi) is 4.02. The number of anilines is 1. The van der Waals surface area contributed by atoms with Crippen LogP contribution in [-0.4, -0.2) is 12.0 Å². The molecule has 0 spiro atoms. The van der Waals surface area contributed by atoms with E-state index in [9.17, 15) is 4.79 Å². The van der Waals surface area contributed by atoms with E-state index in [4.69, 9.17) is 4.74 Å². The van der Waals surface area contributed by atoms with Crippen molar-refractivity contribution in [1.29, 1.82) is 0 Å². The molecule has 1 N–H and O–H groups in total. The lowest BCUT2D eigenvalue weighted by Crippen LogP contribution is -2.12. The third kappa shape index (κ3) is 3.20. The van der Waals surface area contributed by atoms with Crippen LogP contribution in [0.1, 0.15) is 36.0 Å². The number of ether oxygens (including phenoxy) is 1. The highest BCUT2D eigenvalue weighted by molar-refractivity contribution is 7.08. The second-order valence-corrected chi connectivity index (χ2v) is 5.80. The van der Waals surface area contributed by atoms with Gasteiger partial charge in [0.1, 0.15) is 5.75 Å². The van der Waals surface area contributed by atoms with E-state index in [2.05, 4.69) is 5.32 Å². The number of carbonyl (C=O) groups is 1. The van der Waals surface area contributed by atoms with E-state index in [0.29, 0.717) is 11.7 Å². The molecule has 0 unspecified atom stereocenters. The van der Waals surface area contributed by atoms with Crippen molar-refractivity contribution in [2.45, 2.75) is 31.8 Å². The number of nitrogens with one attached hydrogen (secondary N) is 1. The molecule has 0 bridgehead atoms. The monoisotopic (exact) mass is 287 g/mol. The maximum Gasteiger partial charge on any atom is 0.256 e. The fourth-order valence-corrected chi connectivity index (χ4v) is 3.08. The molecule has 20 heavy (non-hydrogen) atoms. The van der Waals surface area contributed by atoms with Crippen molar-refractivity contribution < 1.29 is 9.53 Å². The molecule has 1 aliphatic rings. The average molecular weight is 287 g/mol.